The number of para-hydroxylation sites is 1. The first-order chi connectivity index (χ1) is 7.72. The topological polar surface area (TPSA) is 38.0 Å². The molecule has 3 heteroatoms. The minimum absolute atomic E-state index is 0.530. The van der Waals surface area contributed by atoms with Gasteiger partial charge in [-0.05, 0) is 30.5 Å². The van der Waals surface area contributed by atoms with E-state index < -0.39 is 0 Å². The van der Waals surface area contributed by atoms with Crippen LogP contribution in [0.4, 0.5) is 5.69 Å². The average Bonchev–Trinajstić information content (AvgIpc) is 2.28. The van der Waals surface area contributed by atoms with E-state index in [-0.39, 0.29) is 0 Å². The molecule has 0 saturated carbocycles. The number of hydrogen-bond donors (Lipinski definition) is 2. The predicted octanol–water partition coefficient (Wildman–Crippen LogP) is 3.05. The van der Waals surface area contributed by atoms with Crippen molar-refractivity contribution in [1.82, 2.24) is 0 Å². The molecule has 0 radical (unpaired) electrons. The lowest BCUT2D eigenvalue weighted by molar-refractivity contribution is 0.713. The van der Waals surface area contributed by atoms with Gasteiger partial charge >= 0.3 is 0 Å². The molecular formula is C13H20N2S. The summed E-state index contributed by atoms with van der Waals surface area (Å²) >= 11 is 1.95. The fraction of sp³-hybridized carbons (Fsp3) is 0.538. The maximum absolute atomic E-state index is 5.63. The Labute approximate surface area is 102 Å². The van der Waals surface area contributed by atoms with Crippen molar-refractivity contribution in [2.24, 2.45) is 5.73 Å². The van der Waals surface area contributed by atoms with Crippen molar-refractivity contribution in [1.29, 1.82) is 0 Å². The van der Waals surface area contributed by atoms with E-state index in [0.717, 1.165) is 18.7 Å². The molecule has 1 aromatic rings. The molecule has 0 aliphatic carbocycles. The summed E-state index contributed by atoms with van der Waals surface area (Å²) in [6.45, 7) is 5.25. The third-order valence-corrected chi connectivity index (χ3v) is 4.20. The Hall–Kier alpha value is -0.670. The van der Waals surface area contributed by atoms with Crippen LogP contribution in [0.1, 0.15) is 31.7 Å². The molecule has 1 heterocycles. The van der Waals surface area contributed by atoms with Gasteiger partial charge in [0, 0.05) is 16.7 Å². The third kappa shape index (κ3) is 2.36. The van der Waals surface area contributed by atoms with Gasteiger partial charge in [-0.2, -0.15) is 0 Å². The van der Waals surface area contributed by atoms with Gasteiger partial charge < -0.3 is 11.1 Å². The molecule has 0 bridgehead atoms. The van der Waals surface area contributed by atoms with Crippen molar-refractivity contribution in [2.75, 3.05) is 17.6 Å². The van der Waals surface area contributed by atoms with Gasteiger partial charge in [-0.3, -0.25) is 0 Å². The smallest absolute Gasteiger partial charge is 0.0515 e. The van der Waals surface area contributed by atoms with Crippen LogP contribution < -0.4 is 11.1 Å². The van der Waals surface area contributed by atoms with E-state index in [1.165, 1.54) is 16.1 Å². The van der Waals surface area contributed by atoms with Crippen molar-refractivity contribution < 1.29 is 0 Å². The van der Waals surface area contributed by atoms with Gasteiger partial charge in [0.15, 0.2) is 0 Å². The Morgan fingerprint density at radius 3 is 3.00 bits per heavy atom. The van der Waals surface area contributed by atoms with Crippen LogP contribution in [0.15, 0.2) is 23.1 Å². The van der Waals surface area contributed by atoms with E-state index in [2.05, 4.69) is 37.4 Å². The van der Waals surface area contributed by atoms with Crippen LogP contribution in [-0.4, -0.2) is 18.3 Å². The SMILES string of the molecule is CC(C)c1cccc2c1NC(CCN)CS2. The quantitative estimate of drug-likeness (QED) is 0.847. The molecule has 1 atom stereocenters. The van der Waals surface area contributed by atoms with Crippen LogP contribution in [-0.2, 0) is 0 Å². The number of nitrogens with one attached hydrogen (secondary N) is 1. The monoisotopic (exact) mass is 236 g/mol. The summed E-state index contributed by atoms with van der Waals surface area (Å²) in [6, 6.07) is 7.12. The number of hydrogen-bond acceptors (Lipinski definition) is 3. The highest BCUT2D eigenvalue weighted by Crippen LogP contribution is 2.38. The average molecular weight is 236 g/mol. The second kappa shape index (κ2) is 5.11. The van der Waals surface area contributed by atoms with Crippen molar-refractivity contribution in [2.45, 2.75) is 37.1 Å². The van der Waals surface area contributed by atoms with Gasteiger partial charge in [0.2, 0.25) is 0 Å². The van der Waals surface area contributed by atoms with Crippen LogP contribution in [0.3, 0.4) is 0 Å². The molecule has 3 N–H and O–H groups in total. The molecule has 1 aromatic carbocycles. The van der Waals surface area contributed by atoms with Crippen LogP contribution in [0.5, 0.6) is 0 Å². The zero-order valence-corrected chi connectivity index (χ0v) is 10.8. The minimum atomic E-state index is 0.530. The largest absolute Gasteiger partial charge is 0.380 e. The number of rotatable bonds is 3. The lowest BCUT2D eigenvalue weighted by atomic mass is 10.0. The molecule has 16 heavy (non-hydrogen) atoms. The molecule has 0 saturated heterocycles. The van der Waals surface area contributed by atoms with Gasteiger partial charge in [-0.25, -0.2) is 0 Å². The molecule has 0 aromatic heterocycles. The number of fused-ring (bicyclic) bond motifs is 1. The van der Waals surface area contributed by atoms with Crippen molar-refractivity contribution in [3.05, 3.63) is 23.8 Å². The molecular weight excluding hydrogens is 216 g/mol. The van der Waals surface area contributed by atoms with E-state index >= 15 is 0 Å². The Morgan fingerprint density at radius 2 is 2.31 bits per heavy atom. The minimum Gasteiger partial charge on any atom is -0.380 e. The summed E-state index contributed by atoms with van der Waals surface area (Å²) < 4.78 is 0. The van der Waals surface area contributed by atoms with Crippen LogP contribution in [0.25, 0.3) is 0 Å². The molecule has 1 unspecified atom stereocenters. The molecule has 1 aliphatic rings. The standard InChI is InChI=1S/C13H20N2S/c1-9(2)11-4-3-5-12-13(11)15-10(6-7-14)8-16-12/h3-5,9-10,15H,6-8,14H2,1-2H3. The Bertz CT molecular complexity index is 363. The highest BCUT2D eigenvalue weighted by molar-refractivity contribution is 7.99. The predicted molar refractivity (Wildman–Crippen MR) is 72.3 cm³/mol. The molecule has 0 spiro atoms. The van der Waals surface area contributed by atoms with E-state index in [0.29, 0.717) is 12.0 Å². The van der Waals surface area contributed by atoms with Gasteiger partial charge in [-0.1, -0.05) is 26.0 Å². The van der Waals surface area contributed by atoms with E-state index in [9.17, 15) is 0 Å². The fourth-order valence-electron chi connectivity index (χ4n) is 2.10. The second-order valence-electron chi connectivity index (χ2n) is 4.60. The first-order valence-corrected chi connectivity index (χ1v) is 6.93. The molecule has 2 rings (SSSR count). The lowest BCUT2D eigenvalue weighted by Crippen LogP contribution is -2.29. The van der Waals surface area contributed by atoms with E-state index in [1.54, 1.807) is 0 Å². The summed E-state index contributed by atoms with van der Waals surface area (Å²) in [7, 11) is 0. The van der Waals surface area contributed by atoms with Crippen molar-refractivity contribution in [3.8, 4) is 0 Å². The summed E-state index contributed by atoms with van der Waals surface area (Å²) in [4.78, 5) is 1.39. The maximum atomic E-state index is 5.63. The van der Waals surface area contributed by atoms with Gasteiger partial charge in [0.25, 0.3) is 0 Å². The molecule has 0 fully saturated rings. The van der Waals surface area contributed by atoms with Crippen molar-refractivity contribution in [3.63, 3.8) is 0 Å². The highest BCUT2D eigenvalue weighted by atomic mass is 32.2. The van der Waals surface area contributed by atoms with Gasteiger partial charge in [0.05, 0.1) is 5.69 Å². The van der Waals surface area contributed by atoms with Gasteiger partial charge in [0.1, 0.15) is 0 Å². The summed E-state index contributed by atoms with van der Waals surface area (Å²) in [6.07, 6.45) is 1.05. The Kier molecular flexibility index (Phi) is 3.77. The van der Waals surface area contributed by atoms with Crippen LogP contribution >= 0.6 is 11.8 Å². The Balaban J connectivity index is 2.27. The number of thioether (sulfide) groups is 1. The molecule has 0 amide bonds. The summed E-state index contributed by atoms with van der Waals surface area (Å²) in [5.41, 5.74) is 8.39. The first-order valence-electron chi connectivity index (χ1n) is 5.94. The van der Waals surface area contributed by atoms with Crippen LogP contribution in [0, 0.1) is 0 Å². The van der Waals surface area contributed by atoms with Crippen LogP contribution in [0.2, 0.25) is 0 Å². The maximum Gasteiger partial charge on any atom is 0.0515 e. The molecule has 2 nitrogen and oxygen atoms in total. The van der Waals surface area contributed by atoms with E-state index in [1.807, 2.05) is 11.8 Å². The molecule has 1 aliphatic heterocycles. The first kappa shape index (κ1) is 11.8. The summed E-state index contributed by atoms with van der Waals surface area (Å²) in [5, 5.41) is 3.65. The van der Waals surface area contributed by atoms with E-state index in [4.69, 9.17) is 5.73 Å². The zero-order chi connectivity index (χ0) is 11.5. The number of anilines is 1. The lowest BCUT2D eigenvalue weighted by Gasteiger charge is -2.29. The van der Waals surface area contributed by atoms with Crippen molar-refractivity contribution >= 4 is 17.4 Å². The Morgan fingerprint density at radius 1 is 1.50 bits per heavy atom. The fourth-order valence-corrected chi connectivity index (χ4v) is 3.22. The molecule has 88 valence electrons. The number of benzene rings is 1. The normalized spacial score (nSPS) is 19.4. The van der Waals surface area contributed by atoms with Gasteiger partial charge in [-0.15, -0.1) is 11.8 Å². The summed E-state index contributed by atoms with van der Waals surface area (Å²) in [5.74, 6) is 1.70. The zero-order valence-electron chi connectivity index (χ0n) is 9.99. The highest BCUT2D eigenvalue weighted by Gasteiger charge is 2.20. The number of nitrogens with two attached hydrogens (primary N) is 1. The third-order valence-electron chi connectivity index (χ3n) is 2.98. The second-order valence-corrected chi connectivity index (χ2v) is 5.67.